The normalized spacial score (nSPS) is 20.0. The maximum absolute atomic E-state index is 13.1. The summed E-state index contributed by atoms with van der Waals surface area (Å²) in [6, 6.07) is 9.78. The molecule has 0 radical (unpaired) electrons. The first-order valence-electron chi connectivity index (χ1n) is 10.4. The molecule has 2 aliphatic rings. The Morgan fingerprint density at radius 3 is 2.87 bits per heavy atom. The molecule has 3 aromatic rings. The number of hydrogen-bond donors (Lipinski definition) is 0. The summed E-state index contributed by atoms with van der Waals surface area (Å²) in [4.78, 5) is 22.0. The van der Waals surface area contributed by atoms with Crippen molar-refractivity contribution < 1.29 is 4.79 Å². The van der Waals surface area contributed by atoms with E-state index in [1.54, 1.807) is 6.20 Å². The Balaban J connectivity index is 1.42. The molecular weight excluding hydrogens is 418 g/mol. The van der Waals surface area contributed by atoms with Crippen LogP contribution in [0.3, 0.4) is 0 Å². The number of amides is 1. The molecule has 0 saturated carbocycles. The van der Waals surface area contributed by atoms with Crippen molar-refractivity contribution in [1.82, 2.24) is 19.5 Å². The third-order valence-electron chi connectivity index (χ3n) is 5.88. The lowest BCUT2D eigenvalue weighted by Crippen LogP contribution is -2.47. The molecule has 5 rings (SSSR count). The van der Waals surface area contributed by atoms with Gasteiger partial charge >= 0.3 is 0 Å². The lowest BCUT2D eigenvalue weighted by Gasteiger charge is -2.36. The smallest absolute Gasteiger partial charge is 0.227 e. The lowest BCUT2D eigenvalue weighted by molar-refractivity contribution is -0.135. The summed E-state index contributed by atoms with van der Waals surface area (Å²) in [5.41, 5.74) is 2.80. The fraction of sp³-hybridized carbons (Fsp3) is 0.409. The van der Waals surface area contributed by atoms with E-state index in [4.69, 9.17) is 16.7 Å². The van der Waals surface area contributed by atoms with Gasteiger partial charge in [-0.2, -0.15) is 16.9 Å². The van der Waals surface area contributed by atoms with E-state index in [0.29, 0.717) is 17.5 Å². The van der Waals surface area contributed by atoms with Gasteiger partial charge in [0.1, 0.15) is 5.52 Å². The van der Waals surface area contributed by atoms with Crippen LogP contribution in [0.4, 0.5) is 5.82 Å². The summed E-state index contributed by atoms with van der Waals surface area (Å²) in [5.74, 6) is 3.33. The van der Waals surface area contributed by atoms with Gasteiger partial charge < -0.3 is 9.80 Å². The van der Waals surface area contributed by atoms with Crippen LogP contribution in [-0.2, 0) is 4.79 Å². The van der Waals surface area contributed by atoms with E-state index in [0.717, 1.165) is 66.6 Å². The van der Waals surface area contributed by atoms with Crippen molar-refractivity contribution in [2.45, 2.75) is 12.8 Å². The van der Waals surface area contributed by atoms with Crippen molar-refractivity contribution in [3.63, 3.8) is 0 Å². The van der Waals surface area contributed by atoms with Gasteiger partial charge in [-0.25, -0.2) is 9.50 Å². The van der Waals surface area contributed by atoms with Crippen LogP contribution in [0, 0.1) is 5.92 Å². The summed E-state index contributed by atoms with van der Waals surface area (Å²) >= 11 is 8.09. The number of thioether (sulfide) groups is 1. The van der Waals surface area contributed by atoms with Gasteiger partial charge in [0.2, 0.25) is 5.91 Å². The lowest BCUT2D eigenvalue weighted by atomic mass is 9.96. The SMILES string of the molecule is O=C([C@@H]1CCCN(c2nccn3nc(-c4cccc(Cl)c4)cc23)C1)N1CCSCC1. The first kappa shape index (κ1) is 19.7. The number of rotatable bonds is 3. The molecule has 156 valence electrons. The zero-order chi connectivity index (χ0) is 20.5. The molecule has 1 atom stereocenters. The quantitative estimate of drug-likeness (QED) is 0.618. The largest absolute Gasteiger partial charge is 0.354 e. The molecule has 1 amide bonds. The molecule has 0 spiro atoms. The molecule has 1 aromatic carbocycles. The standard InChI is InChI=1S/C22H24ClN5OS/c23-18-5-1-3-16(13-18)19-14-20-21(24-6-8-28(20)25-19)27-7-2-4-17(15-27)22(29)26-9-11-30-12-10-26/h1,3,5-6,8,13-14,17H,2,4,7,9-12,15H2/t17-/m1/s1. The van der Waals surface area contributed by atoms with E-state index in [2.05, 4.69) is 20.9 Å². The topological polar surface area (TPSA) is 53.7 Å². The molecular formula is C22H24ClN5OS. The first-order chi connectivity index (χ1) is 14.7. The molecule has 0 bridgehead atoms. The van der Waals surface area contributed by atoms with E-state index < -0.39 is 0 Å². The average molecular weight is 442 g/mol. The molecule has 2 aromatic heterocycles. The van der Waals surface area contributed by atoms with Gasteiger partial charge in [-0.15, -0.1) is 0 Å². The Morgan fingerprint density at radius 2 is 2.03 bits per heavy atom. The number of fused-ring (bicyclic) bond motifs is 1. The van der Waals surface area contributed by atoms with Crippen LogP contribution in [0.5, 0.6) is 0 Å². The molecule has 0 aliphatic carbocycles. The van der Waals surface area contributed by atoms with Gasteiger partial charge in [0.25, 0.3) is 0 Å². The van der Waals surface area contributed by atoms with Crippen LogP contribution >= 0.6 is 23.4 Å². The van der Waals surface area contributed by atoms with E-state index in [1.165, 1.54) is 0 Å². The van der Waals surface area contributed by atoms with E-state index in [-0.39, 0.29) is 5.92 Å². The number of benzene rings is 1. The highest BCUT2D eigenvalue weighted by molar-refractivity contribution is 7.99. The number of hydrogen-bond acceptors (Lipinski definition) is 5. The second-order valence-electron chi connectivity index (χ2n) is 7.84. The molecule has 4 heterocycles. The summed E-state index contributed by atoms with van der Waals surface area (Å²) in [5, 5.41) is 5.41. The van der Waals surface area contributed by atoms with Crippen LogP contribution in [0.15, 0.2) is 42.7 Å². The fourth-order valence-corrected chi connectivity index (χ4v) is 5.45. The number of halogens is 1. The van der Waals surface area contributed by atoms with Crippen molar-refractivity contribution in [2.24, 2.45) is 5.92 Å². The third kappa shape index (κ3) is 3.88. The summed E-state index contributed by atoms with van der Waals surface area (Å²) in [7, 11) is 0. The number of carbonyl (C=O) groups excluding carboxylic acids is 1. The van der Waals surface area contributed by atoms with Gasteiger partial charge in [-0.05, 0) is 31.0 Å². The predicted molar refractivity (Wildman–Crippen MR) is 122 cm³/mol. The van der Waals surface area contributed by atoms with Crippen LogP contribution in [0.1, 0.15) is 12.8 Å². The maximum atomic E-state index is 13.1. The minimum Gasteiger partial charge on any atom is -0.354 e. The maximum Gasteiger partial charge on any atom is 0.227 e. The van der Waals surface area contributed by atoms with Gasteiger partial charge in [-0.3, -0.25) is 4.79 Å². The zero-order valence-electron chi connectivity index (χ0n) is 16.7. The van der Waals surface area contributed by atoms with E-state index >= 15 is 0 Å². The summed E-state index contributed by atoms with van der Waals surface area (Å²) in [6.45, 7) is 3.37. The molecule has 2 saturated heterocycles. The molecule has 0 N–H and O–H groups in total. The van der Waals surface area contributed by atoms with Crippen molar-refractivity contribution in [3.05, 3.63) is 47.7 Å². The second kappa shape index (κ2) is 8.47. The van der Waals surface area contributed by atoms with Crippen molar-refractivity contribution in [3.8, 4) is 11.3 Å². The first-order valence-corrected chi connectivity index (χ1v) is 11.9. The molecule has 0 unspecified atom stereocenters. The van der Waals surface area contributed by atoms with Gasteiger partial charge in [0.15, 0.2) is 5.82 Å². The van der Waals surface area contributed by atoms with Crippen molar-refractivity contribution >= 4 is 40.6 Å². The number of aromatic nitrogens is 3. The minimum absolute atomic E-state index is 0.0410. The third-order valence-corrected chi connectivity index (χ3v) is 7.06. The Bertz CT molecular complexity index is 1060. The zero-order valence-corrected chi connectivity index (χ0v) is 18.3. The van der Waals surface area contributed by atoms with E-state index in [1.807, 2.05) is 46.7 Å². The Hall–Kier alpha value is -2.25. The average Bonchev–Trinajstić information content (AvgIpc) is 3.24. The number of anilines is 1. The molecule has 2 fully saturated rings. The molecule has 2 aliphatic heterocycles. The van der Waals surface area contributed by atoms with Gasteiger partial charge in [0, 0.05) is 60.7 Å². The monoisotopic (exact) mass is 441 g/mol. The highest BCUT2D eigenvalue weighted by Crippen LogP contribution is 2.30. The van der Waals surface area contributed by atoms with Crippen molar-refractivity contribution in [1.29, 1.82) is 0 Å². The fourth-order valence-electron chi connectivity index (χ4n) is 4.35. The van der Waals surface area contributed by atoms with Gasteiger partial charge in [0.05, 0.1) is 11.6 Å². The van der Waals surface area contributed by atoms with E-state index in [9.17, 15) is 4.79 Å². The molecule has 30 heavy (non-hydrogen) atoms. The van der Waals surface area contributed by atoms with Crippen LogP contribution in [0.25, 0.3) is 16.8 Å². The van der Waals surface area contributed by atoms with Crippen LogP contribution < -0.4 is 4.90 Å². The predicted octanol–water partition coefficient (Wildman–Crippen LogP) is 3.84. The Labute approximate surface area is 185 Å². The minimum atomic E-state index is 0.0410. The van der Waals surface area contributed by atoms with Crippen molar-refractivity contribution in [2.75, 3.05) is 42.6 Å². The molecule has 8 heteroatoms. The highest BCUT2D eigenvalue weighted by Gasteiger charge is 2.31. The highest BCUT2D eigenvalue weighted by atomic mass is 35.5. The van der Waals surface area contributed by atoms with Gasteiger partial charge in [-0.1, -0.05) is 23.7 Å². The number of piperidine rings is 1. The Morgan fingerprint density at radius 1 is 1.17 bits per heavy atom. The number of nitrogens with zero attached hydrogens (tertiary/aromatic N) is 5. The summed E-state index contributed by atoms with van der Waals surface area (Å²) in [6.07, 6.45) is 5.60. The number of carbonyl (C=O) groups is 1. The second-order valence-corrected chi connectivity index (χ2v) is 9.50. The molecule has 6 nitrogen and oxygen atoms in total. The van der Waals surface area contributed by atoms with Crippen LogP contribution in [0.2, 0.25) is 5.02 Å². The summed E-state index contributed by atoms with van der Waals surface area (Å²) < 4.78 is 1.87. The van der Waals surface area contributed by atoms with Crippen LogP contribution in [-0.4, -0.2) is 63.1 Å². The Kier molecular flexibility index (Phi) is 5.56.